The monoisotopic (exact) mass is 270 g/mol. The first-order valence-corrected chi connectivity index (χ1v) is 7.13. The Bertz CT molecular complexity index is 304. The van der Waals surface area contributed by atoms with Gasteiger partial charge in [0.1, 0.15) is 5.78 Å². The van der Waals surface area contributed by atoms with Gasteiger partial charge in [-0.3, -0.25) is 9.59 Å². The van der Waals surface area contributed by atoms with Crippen LogP contribution in [0.4, 0.5) is 0 Å². The zero-order valence-electron chi connectivity index (χ0n) is 13.4. The van der Waals surface area contributed by atoms with Crippen LogP contribution < -0.4 is 10.6 Å². The molecule has 0 unspecified atom stereocenters. The van der Waals surface area contributed by atoms with Crippen molar-refractivity contribution in [2.75, 3.05) is 19.6 Å². The quantitative estimate of drug-likeness (QED) is 0.629. The number of carbonyl (C=O) groups is 2. The Kier molecular flexibility index (Phi) is 7.45. The van der Waals surface area contributed by atoms with Gasteiger partial charge >= 0.3 is 0 Å². The summed E-state index contributed by atoms with van der Waals surface area (Å²) in [5.41, 5.74) is -0.867. The summed E-state index contributed by atoms with van der Waals surface area (Å²) in [5, 5.41) is 6.33. The maximum Gasteiger partial charge on any atom is 0.153 e. The van der Waals surface area contributed by atoms with Gasteiger partial charge in [0.15, 0.2) is 5.78 Å². The topological polar surface area (TPSA) is 58.2 Å². The molecule has 0 fully saturated rings. The van der Waals surface area contributed by atoms with Crippen LogP contribution in [-0.4, -0.2) is 36.7 Å². The van der Waals surface area contributed by atoms with Gasteiger partial charge in [-0.15, -0.1) is 0 Å². The number of ketones is 2. The third kappa shape index (κ3) is 7.43. The summed E-state index contributed by atoms with van der Waals surface area (Å²) in [6.07, 6.45) is 0.981. The molecular weight excluding hydrogens is 240 g/mol. The van der Waals surface area contributed by atoms with E-state index in [1.807, 2.05) is 41.5 Å². The van der Waals surface area contributed by atoms with Crippen molar-refractivity contribution in [3.8, 4) is 0 Å². The van der Waals surface area contributed by atoms with Crippen molar-refractivity contribution < 1.29 is 9.59 Å². The lowest BCUT2D eigenvalue weighted by molar-refractivity contribution is -0.127. The lowest BCUT2D eigenvalue weighted by atomic mass is 9.88. The van der Waals surface area contributed by atoms with E-state index in [0.29, 0.717) is 25.9 Å². The van der Waals surface area contributed by atoms with Crippen LogP contribution in [0, 0.1) is 5.41 Å². The molecular formula is C15H30N2O2. The van der Waals surface area contributed by atoms with E-state index < -0.39 is 5.54 Å². The fourth-order valence-corrected chi connectivity index (χ4v) is 1.65. The molecule has 4 nitrogen and oxygen atoms in total. The largest absolute Gasteiger partial charge is 0.317 e. The van der Waals surface area contributed by atoms with Gasteiger partial charge < -0.3 is 10.6 Å². The third-order valence-corrected chi connectivity index (χ3v) is 3.23. The van der Waals surface area contributed by atoms with E-state index in [4.69, 9.17) is 0 Å². The summed E-state index contributed by atoms with van der Waals surface area (Å²) in [6.45, 7) is 13.7. The zero-order chi connectivity index (χ0) is 15.1. The second kappa shape index (κ2) is 7.75. The lowest BCUT2D eigenvalue weighted by Gasteiger charge is -2.26. The summed E-state index contributed by atoms with van der Waals surface area (Å²) < 4.78 is 0. The van der Waals surface area contributed by atoms with Crippen LogP contribution in [0.3, 0.4) is 0 Å². The number of rotatable bonds is 9. The minimum atomic E-state index is -0.562. The molecule has 0 saturated heterocycles. The normalized spacial score (nSPS) is 12.5. The van der Waals surface area contributed by atoms with Gasteiger partial charge in [0.2, 0.25) is 0 Å². The Morgan fingerprint density at radius 3 is 1.89 bits per heavy atom. The van der Waals surface area contributed by atoms with Crippen molar-refractivity contribution >= 4 is 11.6 Å². The van der Waals surface area contributed by atoms with E-state index >= 15 is 0 Å². The molecule has 0 amide bonds. The van der Waals surface area contributed by atoms with Crippen LogP contribution >= 0.6 is 0 Å². The zero-order valence-corrected chi connectivity index (χ0v) is 13.4. The summed E-state index contributed by atoms with van der Waals surface area (Å²) in [7, 11) is 0. The Labute approximate surface area is 117 Å². The average Bonchev–Trinajstić information content (AvgIpc) is 2.27. The Balaban J connectivity index is 4.09. The van der Waals surface area contributed by atoms with Crippen LogP contribution in [0.1, 0.15) is 54.4 Å². The standard InChI is InChI=1S/C15H30N2O2/c1-7-16-10-8-13(19)15(5,6)17-11-9-12(18)14(2,3)4/h16-17H,7-11H2,1-6H3. The molecule has 2 N–H and O–H groups in total. The minimum absolute atomic E-state index is 0.177. The molecule has 19 heavy (non-hydrogen) atoms. The smallest absolute Gasteiger partial charge is 0.153 e. The highest BCUT2D eigenvalue weighted by Crippen LogP contribution is 2.16. The maximum absolute atomic E-state index is 12.0. The van der Waals surface area contributed by atoms with Gasteiger partial charge in [-0.25, -0.2) is 0 Å². The second-order valence-corrected chi connectivity index (χ2v) is 6.50. The van der Waals surface area contributed by atoms with Crippen LogP contribution in [0.15, 0.2) is 0 Å². The molecule has 0 atom stereocenters. The number of hydrogen-bond acceptors (Lipinski definition) is 4. The molecule has 0 aromatic rings. The van der Waals surface area contributed by atoms with Gasteiger partial charge in [-0.1, -0.05) is 27.7 Å². The number of nitrogens with one attached hydrogen (secondary N) is 2. The second-order valence-electron chi connectivity index (χ2n) is 6.50. The van der Waals surface area contributed by atoms with Crippen molar-refractivity contribution in [3.05, 3.63) is 0 Å². The lowest BCUT2D eigenvalue weighted by Crippen LogP contribution is -2.48. The molecule has 112 valence electrons. The van der Waals surface area contributed by atoms with Crippen LogP contribution in [0.2, 0.25) is 0 Å². The van der Waals surface area contributed by atoms with Crippen LogP contribution in [0.5, 0.6) is 0 Å². The van der Waals surface area contributed by atoms with Crippen LogP contribution in [0.25, 0.3) is 0 Å². The summed E-state index contributed by atoms with van der Waals surface area (Å²) in [4.78, 5) is 23.8. The van der Waals surface area contributed by atoms with E-state index in [1.54, 1.807) is 0 Å². The van der Waals surface area contributed by atoms with Crippen LogP contribution in [-0.2, 0) is 9.59 Å². The van der Waals surface area contributed by atoms with E-state index in [1.165, 1.54) is 0 Å². The first kappa shape index (κ1) is 18.3. The van der Waals surface area contributed by atoms with Crippen molar-refractivity contribution in [1.82, 2.24) is 10.6 Å². The molecule has 0 rings (SSSR count). The van der Waals surface area contributed by atoms with Gasteiger partial charge in [0, 0.05) is 31.3 Å². The molecule has 0 aliphatic heterocycles. The fraction of sp³-hybridized carbons (Fsp3) is 0.867. The molecule has 0 aliphatic carbocycles. The van der Waals surface area contributed by atoms with E-state index in [0.717, 1.165) is 6.54 Å². The van der Waals surface area contributed by atoms with Gasteiger partial charge in [0.25, 0.3) is 0 Å². The molecule has 0 aromatic heterocycles. The molecule has 0 radical (unpaired) electrons. The van der Waals surface area contributed by atoms with Crippen molar-refractivity contribution in [2.45, 2.75) is 59.9 Å². The third-order valence-electron chi connectivity index (χ3n) is 3.23. The summed E-state index contributed by atoms with van der Waals surface area (Å²) in [6, 6.07) is 0. The van der Waals surface area contributed by atoms with E-state index in [9.17, 15) is 9.59 Å². The molecule has 0 bridgehead atoms. The highest BCUT2D eigenvalue weighted by Gasteiger charge is 2.27. The Morgan fingerprint density at radius 2 is 1.42 bits per heavy atom. The molecule has 4 heteroatoms. The summed E-state index contributed by atoms with van der Waals surface area (Å²) >= 11 is 0. The number of carbonyl (C=O) groups excluding carboxylic acids is 2. The van der Waals surface area contributed by atoms with Crippen molar-refractivity contribution in [2.24, 2.45) is 5.41 Å². The highest BCUT2D eigenvalue weighted by atomic mass is 16.1. The first-order valence-electron chi connectivity index (χ1n) is 7.13. The molecule has 0 saturated carbocycles. The molecule has 0 aromatic carbocycles. The molecule has 0 spiro atoms. The maximum atomic E-state index is 12.0. The van der Waals surface area contributed by atoms with Crippen molar-refractivity contribution in [1.29, 1.82) is 0 Å². The van der Waals surface area contributed by atoms with Gasteiger partial charge in [-0.05, 0) is 20.4 Å². The van der Waals surface area contributed by atoms with E-state index in [2.05, 4.69) is 10.6 Å². The van der Waals surface area contributed by atoms with Crippen molar-refractivity contribution in [3.63, 3.8) is 0 Å². The average molecular weight is 270 g/mol. The van der Waals surface area contributed by atoms with E-state index in [-0.39, 0.29) is 17.0 Å². The molecule has 0 aliphatic rings. The van der Waals surface area contributed by atoms with Gasteiger partial charge in [0.05, 0.1) is 5.54 Å². The highest BCUT2D eigenvalue weighted by molar-refractivity contribution is 5.88. The molecule has 0 heterocycles. The first-order chi connectivity index (χ1) is 8.61. The minimum Gasteiger partial charge on any atom is -0.317 e. The SMILES string of the molecule is CCNCCC(=O)C(C)(C)NCCC(=O)C(C)(C)C. The number of Topliss-reactive ketones (excluding diaryl/α,β-unsaturated/α-hetero) is 2. The Hall–Kier alpha value is -0.740. The summed E-state index contributed by atoms with van der Waals surface area (Å²) in [5.74, 6) is 0.396. The predicted molar refractivity (Wildman–Crippen MR) is 79.3 cm³/mol. The van der Waals surface area contributed by atoms with Gasteiger partial charge in [-0.2, -0.15) is 0 Å². The predicted octanol–water partition coefficient (Wildman–Crippen LogP) is 1.93. The fourth-order valence-electron chi connectivity index (χ4n) is 1.65. The Morgan fingerprint density at radius 1 is 0.895 bits per heavy atom. The number of hydrogen-bond donors (Lipinski definition) is 2.